The SMILES string of the molecule is CC(=O)N1CCC(c2nccnc2Oc2ccc(C(N)=O)cc2)CC1. The van der Waals surface area contributed by atoms with E-state index >= 15 is 0 Å². The molecule has 7 heteroatoms. The fourth-order valence-corrected chi connectivity index (χ4v) is 2.96. The molecule has 2 aromatic rings. The third-order valence-corrected chi connectivity index (χ3v) is 4.37. The molecule has 1 aromatic heterocycles. The second-order valence-electron chi connectivity index (χ2n) is 6.02. The zero-order chi connectivity index (χ0) is 17.8. The van der Waals surface area contributed by atoms with Gasteiger partial charge in [-0.3, -0.25) is 14.6 Å². The van der Waals surface area contributed by atoms with Crippen molar-refractivity contribution in [3.05, 3.63) is 47.9 Å². The van der Waals surface area contributed by atoms with E-state index in [0.717, 1.165) is 18.5 Å². The van der Waals surface area contributed by atoms with E-state index in [0.29, 0.717) is 30.3 Å². The van der Waals surface area contributed by atoms with Crippen LogP contribution in [0, 0.1) is 0 Å². The molecule has 2 heterocycles. The summed E-state index contributed by atoms with van der Waals surface area (Å²) in [5.41, 5.74) is 6.46. The van der Waals surface area contributed by atoms with Gasteiger partial charge in [0.2, 0.25) is 17.7 Å². The highest BCUT2D eigenvalue weighted by molar-refractivity contribution is 5.92. The first-order valence-corrected chi connectivity index (χ1v) is 8.18. The summed E-state index contributed by atoms with van der Waals surface area (Å²) in [5, 5.41) is 0. The van der Waals surface area contributed by atoms with Crippen LogP contribution in [-0.4, -0.2) is 39.8 Å². The predicted molar refractivity (Wildman–Crippen MR) is 91.3 cm³/mol. The van der Waals surface area contributed by atoms with Crippen molar-refractivity contribution < 1.29 is 14.3 Å². The number of nitrogens with zero attached hydrogens (tertiary/aromatic N) is 3. The fourth-order valence-electron chi connectivity index (χ4n) is 2.96. The molecule has 0 saturated carbocycles. The standard InChI is InChI=1S/C18H20N4O3/c1-12(23)22-10-6-13(7-11-22)16-18(21-9-8-20-16)25-15-4-2-14(3-5-15)17(19)24/h2-5,8-9,13H,6-7,10-11H2,1H3,(H2,19,24). The average Bonchev–Trinajstić information content (AvgIpc) is 2.63. The highest BCUT2D eigenvalue weighted by Gasteiger charge is 2.26. The van der Waals surface area contributed by atoms with Crippen LogP contribution in [-0.2, 0) is 4.79 Å². The van der Waals surface area contributed by atoms with Crippen LogP contribution in [0.3, 0.4) is 0 Å². The van der Waals surface area contributed by atoms with Crippen molar-refractivity contribution in [1.29, 1.82) is 0 Å². The smallest absolute Gasteiger partial charge is 0.248 e. The van der Waals surface area contributed by atoms with Gasteiger partial charge in [-0.1, -0.05) is 0 Å². The first kappa shape index (κ1) is 16.9. The highest BCUT2D eigenvalue weighted by atomic mass is 16.5. The summed E-state index contributed by atoms with van der Waals surface area (Å²) in [4.78, 5) is 33.2. The van der Waals surface area contributed by atoms with Gasteiger partial charge in [0, 0.05) is 43.9 Å². The molecule has 2 amide bonds. The summed E-state index contributed by atoms with van der Waals surface area (Å²) < 4.78 is 5.87. The number of nitrogens with two attached hydrogens (primary N) is 1. The largest absolute Gasteiger partial charge is 0.437 e. The molecular formula is C18H20N4O3. The zero-order valence-corrected chi connectivity index (χ0v) is 14.0. The van der Waals surface area contributed by atoms with Gasteiger partial charge < -0.3 is 15.4 Å². The molecule has 0 aliphatic carbocycles. The lowest BCUT2D eigenvalue weighted by Gasteiger charge is -2.31. The Balaban J connectivity index is 1.75. The summed E-state index contributed by atoms with van der Waals surface area (Å²) in [6.07, 6.45) is 4.89. The molecule has 1 aromatic carbocycles. The van der Waals surface area contributed by atoms with Gasteiger partial charge in [-0.05, 0) is 37.1 Å². The van der Waals surface area contributed by atoms with Crippen molar-refractivity contribution in [1.82, 2.24) is 14.9 Å². The minimum atomic E-state index is -0.482. The molecule has 1 saturated heterocycles. The van der Waals surface area contributed by atoms with Gasteiger partial charge >= 0.3 is 0 Å². The number of rotatable bonds is 4. The number of hydrogen-bond acceptors (Lipinski definition) is 5. The third-order valence-electron chi connectivity index (χ3n) is 4.37. The van der Waals surface area contributed by atoms with Crippen molar-refractivity contribution in [2.75, 3.05) is 13.1 Å². The lowest BCUT2D eigenvalue weighted by atomic mass is 9.93. The summed E-state index contributed by atoms with van der Waals surface area (Å²) in [7, 11) is 0. The van der Waals surface area contributed by atoms with Crippen molar-refractivity contribution in [3.63, 3.8) is 0 Å². The Morgan fingerprint density at radius 1 is 1.12 bits per heavy atom. The normalized spacial score (nSPS) is 15.0. The number of amides is 2. The number of carbonyl (C=O) groups excluding carboxylic acids is 2. The number of aromatic nitrogens is 2. The molecule has 3 rings (SSSR count). The molecule has 0 unspecified atom stereocenters. The molecular weight excluding hydrogens is 320 g/mol. The van der Waals surface area contributed by atoms with Gasteiger partial charge in [0.1, 0.15) is 11.4 Å². The zero-order valence-electron chi connectivity index (χ0n) is 14.0. The number of ether oxygens (including phenoxy) is 1. The van der Waals surface area contributed by atoms with E-state index in [2.05, 4.69) is 9.97 Å². The Morgan fingerprint density at radius 3 is 2.36 bits per heavy atom. The molecule has 25 heavy (non-hydrogen) atoms. The van der Waals surface area contributed by atoms with E-state index in [1.807, 2.05) is 4.90 Å². The van der Waals surface area contributed by atoms with Crippen LogP contribution in [0.1, 0.15) is 41.7 Å². The van der Waals surface area contributed by atoms with E-state index < -0.39 is 5.91 Å². The number of likely N-dealkylation sites (tertiary alicyclic amines) is 1. The number of hydrogen-bond donors (Lipinski definition) is 1. The number of primary amides is 1. The van der Waals surface area contributed by atoms with Gasteiger partial charge in [-0.25, -0.2) is 4.98 Å². The summed E-state index contributed by atoms with van der Waals surface area (Å²) in [5.74, 6) is 0.834. The predicted octanol–water partition coefficient (Wildman–Crippen LogP) is 2.09. The lowest BCUT2D eigenvalue weighted by molar-refractivity contribution is -0.129. The van der Waals surface area contributed by atoms with Crippen molar-refractivity contribution in [2.45, 2.75) is 25.7 Å². The maximum Gasteiger partial charge on any atom is 0.248 e. The van der Waals surface area contributed by atoms with Crippen molar-refractivity contribution in [2.24, 2.45) is 5.73 Å². The molecule has 1 aliphatic rings. The quantitative estimate of drug-likeness (QED) is 0.919. The Bertz CT molecular complexity index is 768. The Kier molecular flexibility index (Phi) is 4.92. The minimum Gasteiger partial charge on any atom is -0.437 e. The molecule has 0 atom stereocenters. The fraction of sp³-hybridized carbons (Fsp3) is 0.333. The molecule has 0 radical (unpaired) electrons. The monoisotopic (exact) mass is 340 g/mol. The van der Waals surface area contributed by atoms with Gasteiger partial charge in [-0.2, -0.15) is 0 Å². The lowest BCUT2D eigenvalue weighted by Crippen LogP contribution is -2.36. The first-order chi connectivity index (χ1) is 12.0. The molecule has 2 N–H and O–H groups in total. The van der Waals surface area contributed by atoms with Gasteiger partial charge in [-0.15, -0.1) is 0 Å². The van der Waals surface area contributed by atoms with Gasteiger partial charge in [0.05, 0.1) is 0 Å². The second-order valence-corrected chi connectivity index (χ2v) is 6.02. The maximum atomic E-state index is 11.5. The van der Waals surface area contributed by atoms with Crippen LogP contribution in [0.5, 0.6) is 11.6 Å². The van der Waals surface area contributed by atoms with Crippen LogP contribution in [0.4, 0.5) is 0 Å². The average molecular weight is 340 g/mol. The van der Waals surface area contributed by atoms with Crippen LogP contribution in [0.25, 0.3) is 0 Å². The minimum absolute atomic E-state index is 0.101. The Hall–Kier alpha value is -2.96. The van der Waals surface area contributed by atoms with Crippen LogP contribution in [0.15, 0.2) is 36.7 Å². The number of carbonyl (C=O) groups is 2. The molecule has 0 bridgehead atoms. The van der Waals surface area contributed by atoms with E-state index in [1.54, 1.807) is 43.6 Å². The number of benzene rings is 1. The molecule has 7 nitrogen and oxygen atoms in total. The molecule has 0 spiro atoms. The van der Waals surface area contributed by atoms with E-state index in [1.165, 1.54) is 0 Å². The van der Waals surface area contributed by atoms with Crippen LogP contribution >= 0.6 is 0 Å². The van der Waals surface area contributed by atoms with Crippen LogP contribution < -0.4 is 10.5 Å². The van der Waals surface area contributed by atoms with Crippen LogP contribution in [0.2, 0.25) is 0 Å². The Morgan fingerprint density at radius 2 is 1.76 bits per heavy atom. The van der Waals surface area contributed by atoms with E-state index in [-0.39, 0.29) is 11.8 Å². The summed E-state index contributed by atoms with van der Waals surface area (Å²) in [6.45, 7) is 3.01. The second kappa shape index (κ2) is 7.29. The van der Waals surface area contributed by atoms with E-state index in [4.69, 9.17) is 10.5 Å². The first-order valence-electron chi connectivity index (χ1n) is 8.18. The summed E-state index contributed by atoms with van der Waals surface area (Å²) >= 11 is 0. The number of piperidine rings is 1. The van der Waals surface area contributed by atoms with E-state index in [9.17, 15) is 9.59 Å². The van der Waals surface area contributed by atoms with Gasteiger partial charge in [0.25, 0.3) is 0 Å². The maximum absolute atomic E-state index is 11.5. The topological polar surface area (TPSA) is 98.4 Å². The van der Waals surface area contributed by atoms with Crippen molar-refractivity contribution in [3.8, 4) is 11.6 Å². The molecule has 1 fully saturated rings. The summed E-state index contributed by atoms with van der Waals surface area (Å²) in [6, 6.07) is 6.58. The molecule has 130 valence electrons. The third kappa shape index (κ3) is 3.93. The molecule has 1 aliphatic heterocycles. The highest BCUT2D eigenvalue weighted by Crippen LogP contribution is 2.33. The Labute approximate surface area is 145 Å². The van der Waals surface area contributed by atoms with Gasteiger partial charge in [0.15, 0.2) is 0 Å². The van der Waals surface area contributed by atoms with Crippen molar-refractivity contribution >= 4 is 11.8 Å².